The van der Waals surface area contributed by atoms with Crippen molar-refractivity contribution in [3.05, 3.63) is 30.1 Å². The molecule has 1 aromatic carbocycles. The maximum Gasteiger partial charge on any atom is 0.124 e. The third-order valence-electron chi connectivity index (χ3n) is 2.66. The predicted molar refractivity (Wildman–Crippen MR) is 65.7 cm³/mol. The van der Waals surface area contributed by atoms with Gasteiger partial charge in [-0.3, -0.25) is 5.41 Å². The molecule has 0 amide bonds. The molecule has 1 aromatic rings. The van der Waals surface area contributed by atoms with Crippen molar-refractivity contribution in [3.63, 3.8) is 0 Å². The third kappa shape index (κ3) is 2.98. The lowest BCUT2D eigenvalue weighted by Crippen LogP contribution is -2.28. The van der Waals surface area contributed by atoms with Gasteiger partial charge in [-0.25, -0.2) is 4.39 Å². The molecule has 0 spiro atoms. The van der Waals surface area contributed by atoms with Gasteiger partial charge in [0.25, 0.3) is 0 Å². The lowest BCUT2D eigenvalue weighted by atomic mass is 10.4. The fourth-order valence-electron chi connectivity index (χ4n) is 1.79. The highest BCUT2D eigenvalue weighted by molar-refractivity contribution is 8.00. The van der Waals surface area contributed by atoms with E-state index in [1.54, 1.807) is 6.07 Å². The number of hydrogen-bond donors (Lipinski definition) is 1. The number of halogens is 1. The van der Waals surface area contributed by atoms with E-state index >= 15 is 0 Å². The third-order valence-corrected chi connectivity index (χ3v) is 3.66. The van der Waals surface area contributed by atoms with Gasteiger partial charge in [0.2, 0.25) is 0 Å². The Morgan fingerprint density at radius 1 is 1.38 bits per heavy atom. The molecule has 0 saturated carbocycles. The summed E-state index contributed by atoms with van der Waals surface area (Å²) < 4.78 is 12.9. The highest BCUT2D eigenvalue weighted by Crippen LogP contribution is 2.20. The van der Waals surface area contributed by atoms with Gasteiger partial charge in [0, 0.05) is 18.0 Å². The number of rotatable bonds is 3. The predicted octanol–water partition coefficient (Wildman–Crippen LogP) is 2.99. The topological polar surface area (TPSA) is 27.1 Å². The van der Waals surface area contributed by atoms with Crippen LogP contribution in [-0.2, 0) is 0 Å². The van der Waals surface area contributed by atoms with Gasteiger partial charge < -0.3 is 4.90 Å². The van der Waals surface area contributed by atoms with Gasteiger partial charge in [0.05, 0.1) is 5.75 Å². The van der Waals surface area contributed by atoms with Crippen LogP contribution in [0.15, 0.2) is 29.2 Å². The van der Waals surface area contributed by atoms with Crippen molar-refractivity contribution in [1.29, 1.82) is 5.41 Å². The molecule has 1 N–H and O–H groups in total. The largest absolute Gasteiger partial charge is 0.360 e. The summed E-state index contributed by atoms with van der Waals surface area (Å²) in [5, 5.41) is 7.90. The molecule has 1 saturated heterocycles. The minimum atomic E-state index is -0.210. The Labute approximate surface area is 99.3 Å². The van der Waals surface area contributed by atoms with Crippen molar-refractivity contribution < 1.29 is 4.39 Å². The van der Waals surface area contributed by atoms with Gasteiger partial charge >= 0.3 is 0 Å². The molecule has 1 aliphatic rings. The molecule has 0 bridgehead atoms. The standard InChI is InChI=1S/C12H15FN2S/c13-10-4-3-5-11(8-10)16-9-12(14)15-6-1-2-7-15/h3-5,8,14H,1-2,6-7,9H2. The van der Waals surface area contributed by atoms with Gasteiger partial charge in [-0.1, -0.05) is 6.07 Å². The van der Waals surface area contributed by atoms with E-state index in [2.05, 4.69) is 4.90 Å². The first kappa shape index (κ1) is 11.5. The van der Waals surface area contributed by atoms with Crippen LogP contribution in [-0.4, -0.2) is 29.6 Å². The Balaban J connectivity index is 1.84. The van der Waals surface area contributed by atoms with E-state index in [-0.39, 0.29) is 5.82 Å². The molecule has 2 nitrogen and oxygen atoms in total. The van der Waals surface area contributed by atoms with E-state index in [0.29, 0.717) is 11.6 Å². The van der Waals surface area contributed by atoms with Crippen LogP contribution >= 0.6 is 11.8 Å². The van der Waals surface area contributed by atoms with Crippen LogP contribution in [0.5, 0.6) is 0 Å². The van der Waals surface area contributed by atoms with Gasteiger partial charge in [-0.2, -0.15) is 0 Å². The van der Waals surface area contributed by atoms with Crippen LogP contribution in [0.25, 0.3) is 0 Å². The van der Waals surface area contributed by atoms with Gasteiger partial charge in [0.1, 0.15) is 11.7 Å². The molecule has 86 valence electrons. The lowest BCUT2D eigenvalue weighted by Gasteiger charge is -2.17. The number of benzene rings is 1. The molecule has 1 fully saturated rings. The number of nitrogens with one attached hydrogen (secondary N) is 1. The second-order valence-electron chi connectivity index (χ2n) is 3.89. The Hall–Kier alpha value is -1.03. The minimum Gasteiger partial charge on any atom is -0.360 e. The van der Waals surface area contributed by atoms with Crippen LogP contribution < -0.4 is 0 Å². The lowest BCUT2D eigenvalue weighted by molar-refractivity contribution is 0.514. The number of amidine groups is 1. The maximum atomic E-state index is 12.9. The van der Waals surface area contributed by atoms with Crippen molar-refractivity contribution in [3.8, 4) is 0 Å². The van der Waals surface area contributed by atoms with Crippen molar-refractivity contribution >= 4 is 17.6 Å². The summed E-state index contributed by atoms with van der Waals surface area (Å²) in [6, 6.07) is 6.54. The second kappa shape index (κ2) is 5.34. The summed E-state index contributed by atoms with van der Waals surface area (Å²) in [6.07, 6.45) is 2.38. The molecular formula is C12H15FN2S. The summed E-state index contributed by atoms with van der Waals surface area (Å²) in [4.78, 5) is 3.00. The first-order valence-corrected chi connectivity index (χ1v) is 6.45. The Morgan fingerprint density at radius 3 is 2.81 bits per heavy atom. The van der Waals surface area contributed by atoms with E-state index < -0.39 is 0 Å². The zero-order valence-corrected chi connectivity index (χ0v) is 9.89. The van der Waals surface area contributed by atoms with Crippen molar-refractivity contribution in [2.45, 2.75) is 17.7 Å². The Morgan fingerprint density at radius 2 is 2.12 bits per heavy atom. The van der Waals surface area contributed by atoms with Crippen LogP contribution in [0.4, 0.5) is 4.39 Å². The zero-order valence-electron chi connectivity index (χ0n) is 9.08. The highest BCUT2D eigenvalue weighted by atomic mass is 32.2. The summed E-state index contributed by atoms with van der Waals surface area (Å²) in [5.74, 6) is 1.08. The van der Waals surface area contributed by atoms with Crippen LogP contribution in [0.3, 0.4) is 0 Å². The zero-order chi connectivity index (χ0) is 11.4. The molecule has 0 radical (unpaired) electrons. The van der Waals surface area contributed by atoms with Crippen LogP contribution in [0.1, 0.15) is 12.8 Å². The summed E-state index contributed by atoms with van der Waals surface area (Å²) in [7, 11) is 0. The quantitative estimate of drug-likeness (QED) is 0.498. The van der Waals surface area contributed by atoms with Crippen LogP contribution in [0.2, 0.25) is 0 Å². The number of thioether (sulfide) groups is 1. The van der Waals surface area contributed by atoms with E-state index in [0.717, 1.165) is 18.0 Å². The Bertz CT molecular complexity index is 375. The van der Waals surface area contributed by atoms with Crippen molar-refractivity contribution in [2.24, 2.45) is 0 Å². The highest BCUT2D eigenvalue weighted by Gasteiger charge is 2.14. The normalized spacial score (nSPS) is 15.4. The monoisotopic (exact) mass is 238 g/mol. The number of likely N-dealkylation sites (tertiary alicyclic amines) is 1. The molecule has 0 unspecified atom stereocenters. The Kier molecular flexibility index (Phi) is 3.83. The fraction of sp³-hybridized carbons (Fsp3) is 0.417. The molecule has 0 aliphatic carbocycles. The molecule has 1 aliphatic heterocycles. The first-order chi connectivity index (χ1) is 7.75. The van der Waals surface area contributed by atoms with Gasteiger partial charge in [-0.05, 0) is 31.0 Å². The fourth-order valence-corrected chi connectivity index (χ4v) is 2.64. The van der Waals surface area contributed by atoms with E-state index in [1.807, 2.05) is 6.07 Å². The van der Waals surface area contributed by atoms with Gasteiger partial charge in [0.15, 0.2) is 0 Å². The van der Waals surface area contributed by atoms with Gasteiger partial charge in [-0.15, -0.1) is 11.8 Å². The molecule has 1 heterocycles. The average Bonchev–Trinajstić information content (AvgIpc) is 2.79. The van der Waals surface area contributed by atoms with E-state index in [4.69, 9.17) is 5.41 Å². The van der Waals surface area contributed by atoms with Crippen molar-refractivity contribution in [1.82, 2.24) is 4.90 Å². The van der Waals surface area contributed by atoms with Crippen molar-refractivity contribution in [2.75, 3.05) is 18.8 Å². The minimum absolute atomic E-state index is 0.210. The molecule has 0 atom stereocenters. The summed E-state index contributed by atoms with van der Waals surface area (Å²) in [5.41, 5.74) is 0. The summed E-state index contributed by atoms with van der Waals surface area (Å²) in [6.45, 7) is 2.01. The number of hydrogen-bond acceptors (Lipinski definition) is 2. The smallest absolute Gasteiger partial charge is 0.124 e. The summed E-state index contributed by atoms with van der Waals surface area (Å²) >= 11 is 1.52. The number of nitrogens with zero attached hydrogens (tertiary/aromatic N) is 1. The molecule has 2 rings (SSSR count). The van der Waals surface area contributed by atoms with E-state index in [1.165, 1.54) is 36.7 Å². The SMILES string of the molecule is N=C(CSc1cccc(F)c1)N1CCCC1. The molecule has 0 aromatic heterocycles. The van der Waals surface area contributed by atoms with Crippen LogP contribution in [0, 0.1) is 11.2 Å². The molecular weight excluding hydrogens is 223 g/mol. The first-order valence-electron chi connectivity index (χ1n) is 5.46. The average molecular weight is 238 g/mol. The second-order valence-corrected chi connectivity index (χ2v) is 4.94. The molecule has 16 heavy (non-hydrogen) atoms. The molecule has 4 heteroatoms. The maximum absolute atomic E-state index is 12.9. The van der Waals surface area contributed by atoms with E-state index in [9.17, 15) is 4.39 Å².